The zero-order valence-electron chi connectivity index (χ0n) is 15.3. The molecular formula is C23H19NO4. The minimum atomic E-state index is -1.09. The van der Waals surface area contributed by atoms with Crippen LogP contribution in [0.3, 0.4) is 0 Å². The molecule has 0 aromatic heterocycles. The topological polar surface area (TPSA) is 75.6 Å². The van der Waals surface area contributed by atoms with Crippen molar-refractivity contribution in [1.82, 2.24) is 0 Å². The summed E-state index contributed by atoms with van der Waals surface area (Å²) < 4.78 is 5.38. The highest BCUT2D eigenvalue weighted by atomic mass is 16.5. The Morgan fingerprint density at radius 2 is 1.61 bits per heavy atom. The number of benzene rings is 3. The van der Waals surface area contributed by atoms with E-state index in [2.05, 4.69) is 5.32 Å². The van der Waals surface area contributed by atoms with Crippen LogP contribution in [-0.4, -0.2) is 24.1 Å². The van der Waals surface area contributed by atoms with Gasteiger partial charge in [0.05, 0.1) is 18.4 Å². The Labute approximate surface area is 162 Å². The number of hydrogen-bond donors (Lipinski definition) is 2. The number of amides is 1. The Kier molecular flexibility index (Phi) is 5.87. The van der Waals surface area contributed by atoms with Crippen LogP contribution in [-0.2, 0) is 4.79 Å². The average Bonchev–Trinajstić information content (AvgIpc) is 2.73. The summed E-state index contributed by atoms with van der Waals surface area (Å²) in [4.78, 5) is 23.3. The monoisotopic (exact) mass is 373 g/mol. The normalized spacial score (nSPS) is 10.6. The van der Waals surface area contributed by atoms with Gasteiger partial charge in [0.2, 0.25) is 5.91 Å². The summed E-state index contributed by atoms with van der Waals surface area (Å²) in [5.74, 6) is -0.698. The predicted octanol–water partition coefficient (Wildman–Crippen LogP) is 4.71. The highest BCUT2D eigenvalue weighted by molar-refractivity contribution is 6.06. The van der Waals surface area contributed by atoms with Crippen molar-refractivity contribution in [3.63, 3.8) is 0 Å². The minimum Gasteiger partial charge on any atom is -0.496 e. The number of hydrogen-bond acceptors (Lipinski definition) is 3. The van der Waals surface area contributed by atoms with E-state index in [0.717, 1.165) is 22.4 Å². The first kappa shape index (κ1) is 18.9. The summed E-state index contributed by atoms with van der Waals surface area (Å²) in [6.07, 6.45) is 3.04. The molecule has 0 aliphatic heterocycles. The van der Waals surface area contributed by atoms with Gasteiger partial charge in [-0.3, -0.25) is 4.79 Å². The lowest BCUT2D eigenvalue weighted by molar-refractivity contribution is -0.111. The fraction of sp³-hybridized carbons (Fsp3) is 0.0435. The molecule has 0 saturated carbocycles. The number of ether oxygens (including phenoxy) is 1. The van der Waals surface area contributed by atoms with E-state index in [1.165, 1.54) is 12.1 Å². The highest BCUT2D eigenvalue weighted by Crippen LogP contribution is 2.29. The van der Waals surface area contributed by atoms with Gasteiger partial charge < -0.3 is 15.2 Å². The number of carboxylic acids is 1. The molecule has 2 N–H and O–H groups in total. The lowest BCUT2D eigenvalue weighted by atomic mass is 10.0. The van der Waals surface area contributed by atoms with Gasteiger partial charge in [-0.2, -0.15) is 0 Å². The van der Waals surface area contributed by atoms with Gasteiger partial charge in [0.15, 0.2) is 0 Å². The van der Waals surface area contributed by atoms with Gasteiger partial charge in [-0.15, -0.1) is 0 Å². The Hall–Kier alpha value is -3.86. The molecule has 140 valence electrons. The van der Waals surface area contributed by atoms with E-state index in [-0.39, 0.29) is 11.3 Å². The Morgan fingerprint density at radius 1 is 0.929 bits per heavy atom. The van der Waals surface area contributed by atoms with E-state index in [1.54, 1.807) is 31.4 Å². The van der Waals surface area contributed by atoms with Gasteiger partial charge in [-0.1, -0.05) is 54.6 Å². The van der Waals surface area contributed by atoms with Crippen molar-refractivity contribution >= 4 is 23.6 Å². The molecule has 0 atom stereocenters. The minimum absolute atomic E-state index is 0.0467. The molecule has 0 saturated heterocycles. The van der Waals surface area contributed by atoms with E-state index in [9.17, 15) is 9.59 Å². The Morgan fingerprint density at radius 3 is 2.32 bits per heavy atom. The molecule has 28 heavy (non-hydrogen) atoms. The lowest BCUT2D eigenvalue weighted by Crippen LogP contribution is -2.11. The van der Waals surface area contributed by atoms with Crippen LogP contribution in [0.1, 0.15) is 15.9 Å². The second-order valence-electron chi connectivity index (χ2n) is 6.00. The van der Waals surface area contributed by atoms with Crippen molar-refractivity contribution in [3.05, 3.63) is 90.0 Å². The number of anilines is 1. The average molecular weight is 373 g/mol. The molecule has 0 aliphatic carbocycles. The van der Waals surface area contributed by atoms with Gasteiger partial charge >= 0.3 is 5.97 Å². The van der Waals surface area contributed by atoms with Crippen molar-refractivity contribution in [2.75, 3.05) is 12.4 Å². The second-order valence-corrected chi connectivity index (χ2v) is 6.00. The number of methoxy groups -OCH3 is 1. The van der Waals surface area contributed by atoms with Crippen molar-refractivity contribution < 1.29 is 19.4 Å². The smallest absolute Gasteiger partial charge is 0.337 e. The molecule has 0 bridgehead atoms. The molecular weight excluding hydrogens is 354 g/mol. The first-order valence-corrected chi connectivity index (χ1v) is 8.63. The van der Waals surface area contributed by atoms with E-state index in [4.69, 9.17) is 9.84 Å². The number of rotatable bonds is 6. The summed E-state index contributed by atoms with van der Waals surface area (Å²) >= 11 is 0. The van der Waals surface area contributed by atoms with Crippen LogP contribution in [0.2, 0.25) is 0 Å². The van der Waals surface area contributed by atoms with E-state index in [0.29, 0.717) is 0 Å². The summed E-state index contributed by atoms with van der Waals surface area (Å²) in [6, 6.07) is 21.7. The number of carboxylic acid groups (broad SMARTS) is 1. The van der Waals surface area contributed by atoms with Gasteiger partial charge in [-0.05, 0) is 35.4 Å². The van der Waals surface area contributed by atoms with Gasteiger partial charge in [0, 0.05) is 11.6 Å². The molecule has 0 radical (unpaired) electrons. The van der Waals surface area contributed by atoms with Crippen LogP contribution in [0.15, 0.2) is 78.9 Å². The third-order valence-corrected chi connectivity index (χ3v) is 4.17. The van der Waals surface area contributed by atoms with Crippen LogP contribution < -0.4 is 10.1 Å². The lowest BCUT2D eigenvalue weighted by Gasteiger charge is -2.08. The number of nitrogens with one attached hydrogen (secondary N) is 1. The standard InChI is InChI=1S/C23H19NO4/c1-28-21-9-5-3-6-18(21)17-13-10-16(11-14-17)12-15-22(25)24-20-8-4-2-7-19(20)23(26)27/h2-15H,1H3,(H,24,25)(H,26,27)/b15-12+. The first-order valence-electron chi connectivity index (χ1n) is 8.63. The fourth-order valence-corrected chi connectivity index (χ4v) is 2.78. The van der Waals surface area contributed by atoms with Crippen molar-refractivity contribution in [3.8, 4) is 16.9 Å². The van der Waals surface area contributed by atoms with Crippen LogP contribution in [0.5, 0.6) is 5.75 Å². The van der Waals surface area contributed by atoms with E-state index < -0.39 is 11.9 Å². The quantitative estimate of drug-likeness (QED) is 0.614. The largest absolute Gasteiger partial charge is 0.496 e. The molecule has 5 nitrogen and oxygen atoms in total. The molecule has 0 unspecified atom stereocenters. The Bertz CT molecular complexity index is 1020. The van der Waals surface area contributed by atoms with Crippen molar-refractivity contribution in [2.24, 2.45) is 0 Å². The predicted molar refractivity (Wildman–Crippen MR) is 109 cm³/mol. The SMILES string of the molecule is COc1ccccc1-c1ccc(/C=C/C(=O)Nc2ccccc2C(=O)O)cc1. The molecule has 0 heterocycles. The summed E-state index contributed by atoms with van der Waals surface area (Å²) in [7, 11) is 1.64. The highest BCUT2D eigenvalue weighted by Gasteiger charge is 2.10. The molecule has 1 amide bonds. The maximum atomic E-state index is 12.1. The second kappa shape index (κ2) is 8.68. The maximum Gasteiger partial charge on any atom is 0.337 e. The number of carbonyl (C=O) groups is 2. The summed E-state index contributed by atoms with van der Waals surface area (Å²) in [5, 5.41) is 11.8. The third kappa shape index (κ3) is 4.45. The number of para-hydroxylation sites is 2. The Balaban J connectivity index is 1.71. The van der Waals surface area contributed by atoms with Gasteiger partial charge in [-0.25, -0.2) is 4.79 Å². The number of aromatic carboxylic acids is 1. The zero-order valence-corrected chi connectivity index (χ0v) is 15.3. The van der Waals surface area contributed by atoms with Crippen molar-refractivity contribution in [1.29, 1.82) is 0 Å². The third-order valence-electron chi connectivity index (χ3n) is 4.17. The summed E-state index contributed by atoms with van der Waals surface area (Å²) in [6.45, 7) is 0. The van der Waals surface area contributed by atoms with Crippen molar-refractivity contribution in [2.45, 2.75) is 0 Å². The van der Waals surface area contributed by atoms with E-state index in [1.807, 2.05) is 48.5 Å². The zero-order chi connectivity index (χ0) is 19.9. The van der Waals surface area contributed by atoms with Crippen LogP contribution >= 0.6 is 0 Å². The van der Waals surface area contributed by atoms with Crippen LogP contribution in [0, 0.1) is 0 Å². The maximum absolute atomic E-state index is 12.1. The molecule has 3 rings (SSSR count). The van der Waals surface area contributed by atoms with E-state index >= 15 is 0 Å². The van der Waals surface area contributed by atoms with Gasteiger partial charge in [0.25, 0.3) is 0 Å². The summed E-state index contributed by atoms with van der Waals surface area (Å²) in [5.41, 5.74) is 3.15. The number of carbonyl (C=O) groups excluding carboxylic acids is 1. The van der Waals surface area contributed by atoms with Crippen LogP contribution in [0.25, 0.3) is 17.2 Å². The molecule has 3 aromatic rings. The van der Waals surface area contributed by atoms with Gasteiger partial charge in [0.1, 0.15) is 5.75 Å². The first-order chi connectivity index (χ1) is 13.6. The molecule has 5 heteroatoms. The molecule has 0 fully saturated rings. The van der Waals surface area contributed by atoms with Crippen LogP contribution in [0.4, 0.5) is 5.69 Å². The molecule has 0 aliphatic rings. The molecule has 3 aromatic carbocycles. The fourth-order valence-electron chi connectivity index (χ4n) is 2.78. The molecule has 0 spiro atoms.